The highest BCUT2D eigenvalue weighted by molar-refractivity contribution is 5.92. The number of fused-ring (bicyclic) bond motifs is 1. The summed E-state index contributed by atoms with van der Waals surface area (Å²) in [5.74, 6) is -3.55. The largest absolute Gasteiger partial charge is 0.417 e. The Hall–Kier alpha value is -2.19. The van der Waals surface area contributed by atoms with Crippen molar-refractivity contribution < 1.29 is 26.7 Å². The van der Waals surface area contributed by atoms with Crippen LogP contribution in [0.4, 0.5) is 27.8 Å². The van der Waals surface area contributed by atoms with E-state index >= 15 is 0 Å². The number of rotatable bonds is 3. The molecule has 0 spiro atoms. The van der Waals surface area contributed by atoms with Crippen LogP contribution in [0, 0.1) is 11.3 Å². The van der Waals surface area contributed by atoms with E-state index in [2.05, 4.69) is 10.3 Å². The Bertz CT molecular complexity index is 901. The molecule has 1 aliphatic carbocycles. The van der Waals surface area contributed by atoms with Gasteiger partial charge in [-0.3, -0.25) is 4.79 Å². The van der Waals surface area contributed by atoms with Gasteiger partial charge in [0.15, 0.2) is 5.82 Å². The number of alkyl halides is 5. The fraction of sp³-hybridized carbons (Fsp3) is 0.600. The van der Waals surface area contributed by atoms with E-state index in [0.29, 0.717) is 12.1 Å². The second-order valence-corrected chi connectivity index (χ2v) is 8.91. The van der Waals surface area contributed by atoms with Gasteiger partial charge in [0.05, 0.1) is 11.3 Å². The van der Waals surface area contributed by atoms with Crippen molar-refractivity contribution in [2.45, 2.75) is 65.0 Å². The average molecular weight is 417 g/mol. The van der Waals surface area contributed by atoms with E-state index in [-0.39, 0.29) is 42.6 Å². The van der Waals surface area contributed by atoms with Gasteiger partial charge in [0, 0.05) is 25.0 Å². The highest BCUT2D eigenvalue weighted by atomic mass is 19.4. The van der Waals surface area contributed by atoms with Crippen molar-refractivity contribution in [1.29, 1.82) is 0 Å². The number of hydrogen-bond donors (Lipinski definition) is 1. The smallest absolute Gasteiger partial charge is 0.309 e. The van der Waals surface area contributed by atoms with E-state index in [9.17, 15) is 26.7 Å². The molecule has 0 unspecified atom stereocenters. The summed E-state index contributed by atoms with van der Waals surface area (Å²) < 4.78 is 67.5. The van der Waals surface area contributed by atoms with Crippen LogP contribution in [0.2, 0.25) is 0 Å². The molecule has 0 bridgehead atoms. The summed E-state index contributed by atoms with van der Waals surface area (Å²) in [6.07, 6.45) is -3.72. The average Bonchev–Trinajstić information content (AvgIpc) is 2.89. The number of nitrogens with zero attached hydrogens (tertiary/aromatic N) is 2. The van der Waals surface area contributed by atoms with Gasteiger partial charge in [0.25, 0.3) is 0 Å². The Morgan fingerprint density at radius 3 is 2.38 bits per heavy atom. The first-order valence-electron chi connectivity index (χ1n) is 9.52. The Morgan fingerprint density at radius 2 is 1.83 bits per heavy atom. The standard InChI is InChI=1S/C20H24F5N3O/c1-18(2,3)10-14-16(27-17(29)12-6-8-19(21,22)9-7-12)26-15-5-4-13(11-28(14)15)20(23,24)25/h4-5,11-12H,6-10H2,1-3H3,(H,27,29). The zero-order chi connectivity index (χ0) is 21.6. The zero-order valence-electron chi connectivity index (χ0n) is 16.5. The van der Waals surface area contributed by atoms with E-state index in [1.54, 1.807) is 0 Å². The van der Waals surface area contributed by atoms with Gasteiger partial charge in [-0.2, -0.15) is 13.2 Å². The summed E-state index contributed by atoms with van der Waals surface area (Å²) in [4.78, 5) is 16.9. The molecule has 2 aromatic heterocycles. The maximum absolute atomic E-state index is 13.4. The second kappa shape index (κ2) is 7.25. The molecule has 2 aromatic rings. The quantitative estimate of drug-likeness (QED) is 0.651. The summed E-state index contributed by atoms with van der Waals surface area (Å²) in [6, 6.07) is 2.20. The molecule has 1 amide bonds. The number of imidazole rings is 1. The van der Waals surface area contributed by atoms with E-state index in [0.717, 1.165) is 12.3 Å². The maximum Gasteiger partial charge on any atom is 0.417 e. The molecule has 4 nitrogen and oxygen atoms in total. The third-order valence-electron chi connectivity index (χ3n) is 5.07. The van der Waals surface area contributed by atoms with Crippen molar-refractivity contribution in [3.8, 4) is 0 Å². The second-order valence-electron chi connectivity index (χ2n) is 8.91. The highest BCUT2D eigenvalue weighted by Gasteiger charge is 2.38. The monoisotopic (exact) mass is 417 g/mol. The molecule has 0 aliphatic heterocycles. The molecule has 160 valence electrons. The summed E-state index contributed by atoms with van der Waals surface area (Å²) in [7, 11) is 0. The number of halogens is 5. The van der Waals surface area contributed by atoms with Gasteiger partial charge in [0.1, 0.15) is 5.65 Å². The Morgan fingerprint density at radius 1 is 1.21 bits per heavy atom. The van der Waals surface area contributed by atoms with Crippen LogP contribution in [-0.2, 0) is 17.4 Å². The SMILES string of the molecule is CC(C)(C)Cc1c(NC(=O)C2CCC(F)(F)CC2)nc2ccc(C(F)(F)F)cn12. The summed E-state index contributed by atoms with van der Waals surface area (Å²) >= 11 is 0. The fourth-order valence-electron chi connectivity index (χ4n) is 3.55. The molecule has 0 radical (unpaired) electrons. The van der Waals surface area contributed by atoms with E-state index in [1.807, 2.05) is 20.8 Å². The lowest BCUT2D eigenvalue weighted by molar-refractivity contribution is -0.137. The third kappa shape index (κ3) is 5.05. The highest BCUT2D eigenvalue weighted by Crippen LogP contribution is 2.37. The predicted molar refractivity (Wildman–Crippen MR) is 98.9 cm³/mol. The van der Waals surface area contributed by atoms with Crippen LogP contribution >= 0.6 is 0 Å². The zero-order valence-corrected chi connectivity index (χ0v) is 16.5. The number of pyridine rings is 1. The first kappa shape index (κ1) is 21.5. The van der Waals surface area contributed by atoms with E-state index in [4.69, 9.17) is 0 Å². The van der Waals surface area contributed by atoms with Crippen LogP contribution in [-0.4, -0.2) is 21.2 Å². The molecule has 0 saturated heterocycles. The molecule has 1 aliphatic rings. The first-order chi connectivity index (χ1) is 13.3. The van der Waals surface area contributed by atoms with Gasteiger partial charge in [0.2, 0.25) is 11.8 Å². The van der Waals surface area contributed by atoms with Gasteiger partial charge in [-0.15, -0.1) is 0 Å². The number of anilines is 1. The molecule has 0 aromatic carbocycles. The van der Waals surface area contributed by atoms with Crippen molar-refractivity contribution in [2.75, 3.05) is 5.32 Å². The molecule has 29 heavy (non-hydrogen) atoms. The van der Waals surface area contributed by atoms with Crippen molar-refractivity contribution in [3.63, 3.8) is 0 Å². The molecular weight excluding hydrogens is 393 g/mol. The van der Waals surface area contributed by atoms with E-state index < -0.39 is 29.5 Å². The Labute approximate surface area is 165 Å². The minimum Gasteiger partial charge on any atom is -0.309 e. The van der Waals surface area contributed by atoms with Crippen LogP contribution in [0.15, 0.2) is 18.3 Å². The number of aromatic nitrogens is 2. The van der Waals surface area contributed by atoms with Crippen molar-refractivity contribution >= 4 is 17.4 Å². The summed E-state index contributed by atoms with van der Waals surface area (Å²) in [6.45, 7) is 5.78. The summed E-state index contributed by atoms with van der Waals surface area (Å²) in [5.41, 5.74) is -0.364. The number of carbonyl (C=O) groups excluding carboxylic acids is 1. The van der Waals surface area contributed by atoms with Crippen molar-refractivity contribution in [3.05, 3.63) is 29.6 Å². The normalized spacial score (nSPS) is 18.2. The van der Waals surface area contributed by atoms with Gasteiger partial charge in [-0.05, 0) is 36.8 Å². The van der Waals surface area contributed by atoms with E-state index in [1.165, 1.54) is 10.5 Å². The number of amides is 1. The van der Waals surface area contributed by atoms with Gasteiger partial charge >= 0.3 is 6.18 Å². The van der Waals surface area contributed by atoms with Crippen molar-refractivity contribution in [2.24, 2.45) is 11.3 Å². The molecule has 0 atom stereocenters. The molecule has 1 saturated carbocycles. The minimum atomic E-state index is -4.51. The van der Waals surface area contributed by atoms with Crippen LogP contribution in [0.1, 0.15) is 57.7 Å². The molecule has 3 rings (SSSR count). The predicted octanol–water partition coefficient (Wildman–Crippen LogP) is 5.71. The number of nitrogens with one attached hydrogen (secondary N) is 1. The maximum atomic E-state index is 13.4. The lowest BCUT2D eigenvalue weighted by atomic mass is 9.86. The van der Waals surface area contributed by atoms with Crippen LogP contribution in [0.5, 0.6) is 0 Å². The number of hydrogen-bond acceptors (Lipinski definition) is 2. The van der Waals surface area contributed by atoms with Gasteiger partial charge in [-0.1, -0.05) is 20.8 Å². The van der Waals surface area contributed by atoms with Gasteiger partial charge in [-0.25, -0.2) is 13.8 Å². The minimum absolute atomic E-state index is 0.0685. The van der Waals surface area contributed by atoms with Crippen LogP contribution in [0.3, 0.4) is 0 Å². The van der Waals surface area contributed by atoms with Crippen molar-refractivity contribution in [1.82, 2.24) is 9.38 Å². The third-order valence-corrected chi connectivity index (χ3v) is 5.07. The topological polar surface area (TPSA) is 46.4 Å². The Balaban J connectivity index is 1.94. The van der Waals surface area contributed by atoms with Crippen LogP contribution in [0.25, 0.3) is 5.65 Å². The lowest BCUT2D eigenvalue weighted by Crippen LogP contribution is -2.32. The molecule has 1 fully saturated rings. The molecule has 9 heteroatoms. The molecular formula is C20H24F5N3O. The summed E-state index contributed by atoms with van der Waals surface area (Å²) in [5, 5.41) is 2.68. The first-order valence-corrected chi connectivity index (χ1v) is 9.52. The molecule has 1 N–H and O–H groups in total. The van der Waals surface area contributed by atoms with Gasteiger partial charge < -0.3 is 9.72 Å². The fourth-order valence-corrected chi connectivity index (χ4v) is 3.55. The lowest BCUT2D eigenvalue weighted by Gasteiger charge is -2.27. The van der Waals surface area contributed by atoms with Crippen LogP contribution < -0.4 is 5.32 Å². The molecule has 2 heterocycles. The Kier molecular flexibility index (Phi) is 5.38. The number of carbonyl (C=O) groups is 1.